The van der Waals surface area contributed by atoms with Gasteiger partial charge in [-0.1, -0.05) is 42.3 Å². The smallest absolute Gasteiger partial charge is 0.409 e. The summed E-state index contributed by atoms with van der Waals surface area (Å²) >= 11 is 6.82. The number of epoxide rings is 1. The third-order valence-electron chi connectivity index (χ3n) is 15.3. The van der Waals surface area contributed by atoms with Gasteiger partial charge in [0.05, 0.1) is 64.7 Å². The van der Waals surface area contributed by atoms with Crippen molar-refractivity contribution in [3.63, 3.8) is 0 Å². The minimum absolute atomic E-state index is 0.00941. The summed E-state index contributed by atoms with van der Waals surface area (Å²) in [6.45, 7) is 7.90. The summed E-state index contributed by atoms with van der Waals surface area (Å²) in [4.78, 5) is 99.7. The molecule has 5 heterocycles. The van der Waals surface area contributed by atoms with Crippen LogP contribution in [0.15, 0.2) is 60.3 Å². The largest absolute Gasteiger partial charge is 0.495 e. The summed E-state index contributed by atoms with van der Waals surface area (Å²) in [5.41, 5.74) is 3.49. The number of allylic oxidation sites excluding steroid dienone is 3. The zero-order valence-electron chi connectivity index (χ0n) is 48.9. The number of likely N-dealkylation sites (N-methyl/N-ethyl adjacent to an activating group) is 1. The number of carbonyl (C=O) groups excluding carboxylic acids is 6. The number of anilines is 1. The summed E-state index contributed by atoms with van der Waals surface area (Å²) in [6, 6.07) is 7.05. The molecule has 26 heteroatoms. The summed E-state index contributed by atoms with van der Waals surface area (Å²) in [5, 5.41) is 32.1. The predicted molar refractivity (Wildman–Crippen MR) is 304 cm³/mol. The lowest BCUT2D eigenvalue weighted by Gasteiger charge is -2.42. The van der Waals surface area contributed by atoms with Gasteiger partial charge in [-0.3, -0.25) is 34.7 Å². The first kappa shape index (κ1) is 65.4. The van der Waals surface area contributed by atoms with E-state index in [2.05, 4.69) is 26.4 Å². The van der Waals surface area contributed by atoms with Crippen LogP contribution in [0.5, 0.6) is 5.75 Å². The fourth-order valence-electron chi connectivity index (χ4n) is 10.1. The SMILES string of the molecule is CNN(C)Cc1cc2cccnc2n1CCC(=O)N[C@@H](CCC(=O)O)C(=O)NCCOCCOCCC(=O)N(C)[C@@H](C)C(=O)O[C@H]1CC(=O)N(C)c2cc(cc(OC)c2Cl)C/C(C)=C/C=C/[C@@H](OC)[C@@]2(O)C[C@H](OC(=O)N2)[C@@H](C)[C@@H]2O[C@@]12C. The maximum atomic E-state index is 14.4. The summed E-state index contributed by atoms with van der Waals surface area (Å²) in [6.07, 6.45) is 1.43. The Morgan fingerprint density at radius 1 is 1.05 bits per heavy atom. The van der Waals surface area contributed by atoms with Crippen molar-refractivity contribution in [1.29, 1.82) is 0 Å². The molecule has 3 aromatic rings. The number of nitrogens with one attached hydrogen (secondary N) is 4. The Labute approximate surface area is 488 Å². The van der Waals surface area contributed by atoms with E-state index in [1.807, 2.05) is 47.8 Å². The van der Waals surface area contributed by atoms with Gasteiger partial charge in [-0.15, -0.1) is 0 Å². The van der Waals surface area contributed by atoms with Gasteiger partial charge in [-0.2, -0.15) is 0 Å². The molecule has 6 N–H and O–H groups in total. The molecule has 0 spiro atoms. The van der Waals surface area contributed by atoms with Crippen LogP contribution in [0.4, 0.5) is 10.5 Å². The predicted octanol–water partition coefficient (Wildman–Crippen LogP) is 3.41. The molecule has 0 saturated carbocycles. The quantitative estimate of drug-likeness (QED) is 0.0307. The van der Waals surface area contributed by atoms with Crippen LogP contribution in [0.1, 0.15) is 77.5 Å². The molecule has 2 fully saturated rings. The second kappa shape index (κ2) is 29.7. The Morgan fingerprint density at radius 2 is 1.78 bits per heavy atom. The first-order valence-corrected chi connectivity index (χ1v) is 27.9. The molecule has 9 atom stereocenters. The average Bonchev–Trinajstić information content (AvgIpc) is 2.27. The van der Waals surface area contributed by atoms with E-state index in [-0.39, 0.29) is 76.6 Å². The van der Waals surface area contributed by atoms with Gasteiger partial charge in [0.1, 0.15) is 52.4 Å². The molecule has 2 saturated heterocycles. The number of pyridine rings is 1. The number of fused-ring (bicyclic) bond motifs is 6. The Hall–Kier alpha value is -6.71. The minimum atomic E-state index is -1.89. The van der Waals surface area contributed by atoms with Gasteiger partial charge in [0.15, 0.2) is 5.72 Å². The number of nitrogens with zero attached hydrogens (tertiary/aromatic N) is 5. The first-order chi connectivity index (χ1) is 39.4. The van der Waals surface area contributed by atoms with Crippen LogP contribution >= 0.6 is 11.6 Å². The highest BCUT2D eigenvalue weighted by Gasteiger charge is 2.64. The zero-order valence-corrected chi connectivity index (χ0v) is 49.6. The van der Waals surface area contributed by atoms with E-state index in [0.717, 1.165) is 22.2 Å². The number of aliphatic carboxylic acids is 1. The number of amides is 5. The number of hydrogen-bond acceptors (Lipinski definition) is 18. The number of esters is 1. The lowest BCUT2D eigenvalue weighted by Crippen LogP contribution is -2.63. The van der Waals surface area contributed by atoms with Crippen LogP contribution in [0, 0.1) is 5.92 Å². The molecule has 2 aromatic heterocycles. The van der Waals surface area contributed by atoms with Crippen LogP contribution in [0.3, 0.4) is 0 Å². The van der Waals surface area contributed by atoms with Crippen molar-refractivity contribution in [2.45, 2.75) is 134 Å². The Balaban J connectivity index is 1.00. The number of hydrogen-bond donors (Lipinski definition) is 6. The molecule has 3 aliphatic heterocycles. The molecule has 4 bridgehead atoms. The van der Waals surface area contributed by atoms with Gasteiger partial charge in [-0.25, -0.2) is 19.6 Å². The third kappa shape index (κ3) is 17.2. The van der Waals surface area contributed by atoms with Crippen LogP contribution in [-0.4, -0.2) is 195 Å². The van der Waals surface area contributed by atoms with Crippen molar-refractivity contribution >= 4 is 70.0 Å². The third-order valence-corrected chi connectivity index (χ3v) is 15.7. The second-order valence-corrected chi connectivity index (χ2v) is 21.6. The van der Waals surface area contributed by atoms with Gasteiger partial charge in [0, 0.05) is 83.8 Å². The molecule has 5 amide bonds. The fourth-order valence-corrected chi connectivity index (χ4v) is 10.4. The van der Waals surface area contributed by atoms with E-state index < -0.39 is 102 Å². The lowest BCUT2D eigenvalue weighted by molar-refractivity contribution is -0.162. The van der Waals surface area contributed by atoms with Gasteiger partial charge >= 0.3 is 18.0 Å². The number of aliphatic hydroxyl groups is 1. The number of carboxylic acid groups (broad SMARTS) is 1. The number of ether oxygens (including phenoxy) is 7. The van der Waals surface area contributed by atoms with Crippen molar-refractivity contribution < 1.29 is 76.9 Å². The van der Waals surface area contributed by atoms with Gasteiger partial charge in [0.25, 0.3) is 0 Å². The zero-order chi connectivity index (χ0) is 60.8. The van der Waals surface area contributed by atoms with E-state index in [1.54, 1.807) is 58.4 Å². The lowest BCUT2D eigenvalue weighted by atomic mass is 9.83. The van der Waals surface area contributed by atoms with E-state index in [1.165, 1.54) is 38.0 Å². The number of alkyl carbamates (subject to hydrolysis) is 1. The normalized spacial score (nSPS) is 24.5. The van der Waals surface area contributed by atoms with Gasteiger partial charge in [0.2, 0.25) is 23.6 Å². The number of halogens is 1. The number of hydrazine groups is 1. The number of carboxylic acids is 1. The highest BCUT2D eigenvalue weighted by Crippen LogP contribution is 2.49. The molecule has 1 aromatic carbocycles. The molecular weight excluding hydrogens is 1100 g/mol. The van der Waals surface area contributed by atoms with Gasteiger partial charge in [-0.05, 0) is 76.6 Å². The highest BCUT2D eigenvalue weighted by atomic mass is 35.5. The second-order valence-electron chi connectivity index (χ2n) is 21.3. The van der Waals surface area contributed by atoms with E-state index in [4.69, 9.17) is 44.8 Å². The number of aromatic nitrogens is 2. The van der Waals surface area contributed by atoms with Crippen LogP contribution < -0.4 is 31.0 Å². The number of benzene rings is 1. The maximum absolute atomic E-state index is 14.4. The molecule has 456 valence electrons. The summed E-state index contributed by atoms with van der Waals surface area (Å²) in [7, 11) is 9.54. The first-order valence-electron chi connectivity index (χ1n) is 27.5. The van der Waals surface area contributed by atoms with Crippen LogP contribution in [-0.2, 0) is 76.7 Å². The Kier molecular flexibility index (Phi) is 23.4. The molecular formula is C57H80ClN9O16. The van der Waals surface area contributed by atoms with Crippen LogP contribution in [0.25, 0.3) is 11.0 Å². The summed E-state index contributed by atoms with van der Waals surface area (Å²) in [5.74, 6) is -4.17. The summed E-state index contributed by atoms with van der Waals surface area (Å²) < 4.78 is 42.6. The molecule has 0 unspecified atom stereocenters. The highest BCUT2D eigenvalue weighted by molar-refractivity contribution is 6.35. The minimum Gasteiger partial charge on any atom is -0.495 e. The van der Waals surface area contributed by atoms with Crippen molar-refractivity contribution in [2.24, 2.45) is 5.92 Å². The van der Waals surface area contributed by atoms with Crippen molar-refractivity contribution in [1.82, 2.24) is 40.8 Å². The fraction of sp³-hybridized carbons (Fsp3) is 0.579. The standard InChI is InChI=1S/C57H80ClN9O16/c1-34-13-11-15-44(78-10)57(76)32-43(81-55(75)63-57)35(2)51-56(4,83-51)45(31-48(70)66(8)41-28-37(27-34)29-42(77-9)50(41)58)82-54(74)36(3)65(7)47(69)19-23-79-25-26-80-24-21-61-53(73)40(16-17-49(71)72)62-46(68)18-22-67-39(33-64(6)59-5)30-38-14-12-20-60-52(38)67/h11-15,20,28-30,35-36,40,43-45,51,59,76H,16-19,21-27,31-33H2,1-10H3,(H,61,73)(H,62,68)(H,63,75)(H,71,72)/b15-11+,34-13+/t35-,36+,40+,43+,44-,45+,51+,56+,57+/m1/s1. The Bertz CT molecular complexity index is 2870. The molecule has 0 radical (unpaired) electrons. The molecule has 0 aliphatic carbocycles. The molecule has 25 nitrogen and oxygen atoms in total. The average molecular weight is 1180 g/mol. The topological polar surface area (TPSA) is 304 Å². The monoisotopic (exact) mass is 1180 g/mol. The Morgan fingerprint density at radius 3 is 2.48 bits per heavy atom. The van der Waals surface area contributed by atoms with E-state index in [0.29, 0.717) is 30.0 Å². The van der Waals surface area contributed by atoms with Gasteiger partial charge < -0.3 is 68.4 Å². The maximum Gasteiger partial charge on any atom is 0.409 e. The van der Waals surface area contributed by atoms with E-state index >= 15 is 0 Å². The van der Waals surface area contributed by atoms with Crippen molar-refractivity contribution in [3.8, 4) is 5.75 Å². The van der Waals surface area contributed by atoms with Crippen LogP contribution in [0.2, 0.25) is 5.02 Å². The number of methoxy groups -OCH3 is 2. The molecule has 83 heavy (non-hydrogen) atoms. The number of carbonyl (C=O) groups is 7. The van der Waals surface area contributed by atoms with Crippen molar-refractivity contribution in [3.05, 3.63) is 76.6 Å². The van der Waals surface area contributed by atoms with E-state index in [9.17, 15) is 43.8 Å². The number of aryl methyl sites for hydroxylation is 1. The van der Waals surface area contributed by atoms with Crippen molar-refractivity contribution in [2.75, 3.05) is 80.3 Å². The number of rotatable bonds is 25. The molecule has 6 rings (SSSR count). The molecule has 3 aliphatic rings.